The van der Waals surface area contributed by atoms with E-state index in [1.165, 1.54) is 13.2 Å². The van der Waals surface area contributed by atoms with Gasteiger partial charge < -0.3 is 15.4 Å². The number of hydrogen-bond donors (Lipinski definition) is 2. The first-order valence-corrected chi connectivity index (χ1v) is 8.65. The van der Waals surface area contributed by atoms with Gasteiger partial charge in [-0.1, -0.05) is 41.9 Å². The number of urea groups is 1. The van der Waals surface area contributed by atoms with Gasteiger partial charge in [0.2, 0.25) is 5.91 Å². The highest BCUT2D eigenvalue weighted by atomic mass is 35.5. The molecule has 0 saturated carbocycles. The Hall–Kier alpha value is -3.06. The lowest BCUT2D eigenvalue weighted by Crippen LogP contribution is -2.38. The summed E-state index contributed by atoms with van der Waals surface area (Å²) in [7, 11) is 1.49. The Labute approximate surface area is 161 Å². The molecule has 0 unspecified atom stereocenters. The molecule has 0 bridgehead atoms. The molecule has 1 saturated heterocycles. The Morgan fingerprint density at radius 3 is 2.63 bits per heavy atom. The monoisotopic (exact) mass is 387 g/mol. The van der Waals surface area contributed by atoms with E-state index in [0.29, 0.717) is 22.9 Å². The fourth-order valence-corrected chi connectivity index (χ4v) is 3.06. The lowest BCUT2D eigenvalue weighted by molar-refractivity contribution is -0.130. The molecule has 140 valence electrons. The van der Waals surface area contributed by atoms with Crippen LogP contribution in [0, 0.1) is 0 Å². The van der Waals surface area contributed by atoms with Crippen LogP contribution in [-0.2, 0) is 16.0 Å². The lowest BCUT2D eigenvalue weighted by Gasteiger charge is -2.13. The Kier molecular flexibility index (Phi) is 5.61. The van der Waals surface area contributed by atoms with E-state index in [1.807, 2.05) is 30.3 Å². The van der Waals surface area contributed by atoms with Crippen molar-refractivity contribution in [3.8, 4) is 5.75 Å². The van der Waals surface area contributed by atoms with E-state index in [9.17, 15) is 14.4 Å². The average molecular weight is 388 g/mol. The molecule has 0 aromatic heterocycles. The molecule has 1 aliphatic heterocycles. The smallest absolute Gasteiger partial charge is 0.325 e. The van der Waals surface area contributed by atoms with E-state index in [0.717, 1.165) is 10.5 Å². The number of benzene rings is 2. The maximum absolute atomic E-state index is 12.5. The standard InChI is InChI=1S/C19H18ClN3O4/c1-27-16-8-7-13(10-14(16)20)21-17(24)11-23-18(25)15(22-19(23)26)9-12-5-3-2-4-6-12/h2-8,10,15H,9,11H2,1H3,(H,21,24)(H,22,26)/t15-/m1/s1. The van der Waals surface area contributed by atoms with Gasteiger partial charge in [-0.25, -0.2) is 4.79 Å². The van der Waals surface area contributed by atoms with Crippen LogP contribution in [0.5, 0.6) is 5.75 Å². The molecule has 8 heteroatoms. The van der Waals surface area contributed by atoms with E-state index in [2.05, 4.69) is 10.6 Å². The largest absolute Gasteiger partial charge is 0.495 e. The van der Waals surface area contributed by atoms with Gasteiger partial charge in [0.1, 0.15) is 18.3 Å². The third-order valence-electron chi connectivity index (χ3n) is 4.13. The summed E-state index contributed by atoms with van der Waals surface area (Å²) in [6, 6.07) is 12.9. The summed E-state index contributed by atoms with van der Waals surface area (Å²) in [5, 5.41) is 5.57. The molecule has 7 nitrogen and oxygen atoms in total. The van der Waals surface area contributed by atoms with E-state index in [4.69, 9.17) is 16.3 Å². The molecule has 1 aliphatic rings. The molecule has 27 heavy (non-hydrogen) atoms. The van der Waals surface area contributed by atoms with Gasteiger partial charge in [-0.05, 0) is 23.8 Å². The molecule has 4 amide bonds. The summed E-state index contributed by atoms with van der Waals surface area (Å²) in [5.74, 6) is -0.445. The van der Waals surface area contributed by atoms with E-state index >= 15 is 0 Å². The number of amides is 4. The minimum atomic E-state index is -0.678. The molecule has 2 aromatic carbocycles. The van der Waals surface area contributed by atoms with Gasteiger partial charge in [-0.3, -0.25) is 14.5 Å². The summed E-state index contributed by atoms with van der Waals surface area (Å²) in [5.41, 5.74) is 1.37. The highest BCUT2D eigenvalue weighted by Crippen LogP contribution is 2.27. The molecular formula is C19H18ClN3O4. The molecule has 0 spiro atoms. The molecular weight excluding hydrogens is 370 g/mol. The number of nitrogens with zero attached hydrogens (tertiary/aromatic N) is 1. The third-order valence-corrected chi connectivity index (χ3v) is 4.42. The zero-order valence-electron chi connectivity index (χ0n) is 14.6. The van der Waals surface area contributed by atoms with Crippen molar-refractivity contribution in [2.75, 3.05) is 19.0 Å². The van der Waals surface area contributed by atoms with Crippen LogP contribution >= 0.6 is 11.6 Å². The third kappa shape index (κ3) is 4.38. The number of methoxy groups -OCH3 is 1. The Bertz CT molecular complexity index is 873. The first-order valence-electron chi connectivity index (χ1n) is 8.27. The van der Waals surface area contributed by atoms with Crippen molar-refractivity contribution in [3.63, 3.8) is 0 Å². The van der Waals surface area contributed by atoms with Crippen LogP contribution in [0.1, 0.15) is 5.56 Å². The van der Waals surface area contributed by atoms with Crippen LogP contribution in [-0.4, -0.2) is 42.4 Å². The molecule has 0 aliphatic carbocycles. The molecule has 2 N–H and O–H groups in total. The van der Waals surface area contributed by atoms with Crippen molar-refractivity contribution in [1.29, 1.82) is 0 Å². The summed E-state index contributed by atoms with van der Waals surface area (Å²) in [6.07, 6.45) is 0.373. The number of hydrogen-bond acceptors (Lipinski definition) is 4. The minimum Gasteiger partial charge on any atom is -0.495 e. The maximum atomic E-state index is 12.5. The number of imide groups is 1. The second kappa shape index (κ2) is 8.09. The Morgan fingerprint density at radius 1 is 1.22 bits per heavy atom. The predicted octanol–water partition coefficient (Wildman–Crippen LogP) is 2.45. The van der Waals surface area contributed by atoms with Gasteiger partial charge in [-0.2, -0.15) is 0 Å². The average Bonchev–Trinajstić information content (AvgIpc) is 2.90. The van der Waals surface area contributed by atoms with Gasteiger partial charge in [0.25, 0.3) is 5.91 Å². The summed E-state index contributed by atoms with van der Waals surface area (Å²) >= 11 is 6.02. The molecule has 1 atom stereocenters. The second-order valence-electron chi connectivity index (χ2n) is 6.01. The maximum Gasteiger partial charge on any atom is 0.325 e. The second-order valence-corrected chi connectivity index (χ2v) is 6.42. The fraction of sp³-hybridized carbons (Fsp3) is 0.211. The quantitative estimate of drug-likeness (QED) is 0.745. The first-order chi connectivity index (χ1) is 13.0. The normalized spacial score (nSPS) is 16.2. The van der Waals surface area contributed by atoms with Crippen molar-refractivity contribution >= 4 is 35.1 Å². The Morgan fingerprint density at radius 2 is 1.96 bits per heavy atom. The topological polar surface area (TPSA) is 87.7 Å². The first kappa shape index (κ1) is 18.7. The fourth-order valence-electron chi connectivity index (χ4n) is 2.80. The number of rotatable bonds is 6. The van der Waals surface area contributed by atoms with Crippen molar-refractivity contribution < 1.29 is 19.1 Å². The number of carbonyl (C=O) groups is 3. The number of halogens is 1. The van der Waals surface area contributed by atoms with Gasteiger partial charge in [-0.15, -0.1) is 0 Å². The summed E-state index contributed by atoms with van der Waals surface area (Å²) < 4.78 is 5.05. The van der Waals surface area contributed by atoms with E-state index in [1.54, 1.807) is 12.1 Å². The minimum absolute atomic E-state index is 0.341. The zero-order valence-corrected chi connectivity index (χ0v) is 15.3. The number of anilines is 1. The summed E-state index contributed by atoms with van der Waals surface area (Å²) in [4.78, 5) is 37.7. The van der Waals surface area contributed by atoms with Crippen LogP contribution in [0.3, 0.4) is 0 Å². The predicted molar refractivity (Wildman–Crippen MR) is 101 cm³/mol. The van der Waals surface area contributed by atoms with E-state index in [-0.39, 0.29) is 6.54 Å². The molecule has 0 radical (unpaired) electrons. The van der Waals surface area contributed by atoms with Crippen molar-refractivity contribution in [3.05, 3.63) is 59.1 Å². The Balaban J connectivity index is 1.61. The number of ether oxygens (including phenoxy) is 1. The van der Waals surface area contributed by atoms with Gasteiger partial charge >= 0.3 is 6.03 Å². The molecule has 2 aromatic rings. The van der Waals surface area contributed by atoms with Gasteiger partial charge in [0, 0.05) is 12.1 Å². The SMILES string of the molecule is COc1ccc(NC(=O)CN2C(=O)N[C@H](Cc3ccccc3)C2=O)cc1Cl. The van der Waals surface area contributed by atoms with Crippen molar-refractivity contribution in [2.45, 2.75) is 12.5 Å². The number of nitrogens with one attached hydrogen (secondary N) is 2. The highest BCUT2D eigenvalue weighted by Gasteiger charge is 2.38. The van der Waals surface area contributed by atoms with Crippen molar-refractivity contribution in [2.24, 2.45) is 0 Å². The highest BCUT2D eigenvalue weighted by molar-refractivity contribution is 6.32. The molecule has 1 heterocycles. The lowest BCUT2D eigenvalue weighted by atomic mass is 10.1. The zero-order chi connectivity index (χ0) is 19.4. The van der Waals surface area contributed by atoms with Crippen LogP contribution in [0.4, 0.5) is 10.5 Å². The van der Waals surface area contributed by atoms with Crippen molar-refractivity contribution in [1.82, 2.24) is 10.2 Å². The van der Waals surface area contributed by atoms with Gasteiger partial charge in [0.05, 0.1) is 12.1 Å². The van der Waals surface area contributed by atoms with Crippen LogP contribution in [0.2, 0.25) is 5.02 Å². The molecule has 3 rings (SSSR count). The van der Waals surface area contributed by atoms with E-state index < -0.39 is 23.9 Å². The van der Waals surface area contributed by atoms with Crippen LogP contribution in [0.15, 0.2) is 48.5 Å². The molecule has 1 fully saturated rings. The summed E-state index contributed by atoms with van der Waals surface area (Å²) in [6.45, 7) is -0.375. The van der Waals surface area contributed by atoms with Crippen LogP contribution < -0.4 is 15.4 Å². The van der Waals surface area contributed by atoms with Gasteiger partial charge in [0.15, 0.2) is 0 Å². The van der Waals surface area contributed by atoms with Crippen LogP contribution in [0.25, 0.3) is 0 Å². The number of carbonyl (C=O) groups excluding carboxylic acids is 3.